The van der Waals surface area contributed by atoms with Gasteiger partial charge in [0.05, 0.1) is 68.1 Å². The highest BCUT2D eigenvalue weighted by Crippen LogP contribution is 2.30. The molecule has 0 bridgehead atoms. The monoisotopic (exact) mass is 862 g/mol. The standard InChI is InChI=1S/C22H22N4O4S.C21H20N4O4S/c1-4-14(9-19(27)28)26-21(29)15-10-23-6-5-17(15)25(22(26)30)11-16-20-13(3)7-12(2)8-18(20)31-24-16;1-4-15(20(27)28)25-19(26)13-9-22-6-5-16(13)24(21(25)29)10-14-18-12(3)7-11(2)8-17(18)30-23-14/h5-8,10,14H,4,9,11H2,1-3H3,(H,27,28);5-9,15H,4,10H2,1-3H3,(H,27,28)/t14-;15-/m00/s1. The average molecular weight is 863 g/mol. The van der Waals surface area contributed by atoms with Crippen LogP contribution in [0.3, 0.4) is 0 Å². The Kier molecular flexibility index (Phi) is 11.9. The summed E-state index contributed by atoms with van der Waals surface area (Å²) in [5.74, 6) is -2.29. The number of aromatic nitrogens is 8. The van der Waals surface area contributed by atoms with E-state index in [1.54, 1.807) is 26.0 Å². The quantitative estimate of drug-likeness (QED) is 0.150. The second kappa shape index (κ2) is 17.1. The predicted octanol–water partition coefficient (Wildman–Crippen LogP) is 6.13. The van der Waals surface area contributed by atoms with E-state index >= 15 is 0 Å². The second-order valence-electron chi connectivity index (χ2n) is 15.0. The number of hydrogen-bond donors (Lipinski definition) is 2. The summed E-state index contributed by atoms with van der Waals surface area (Å²) in [5, 5.41) is 21.3. The van der Waals surface area contributed by atoms with Crippen molar-refractivity contribution in [2.75, 3.05) is 0 Å². The molecule has 0 fully saturated rings. The molecular formula is C43H42N8O8S2. The lowest BCUT2D eigenvalue weighted by molar-refractivity contribution is -0.141. The molecule has 0 saturated heterocycles. The Balaban J connectivity index is 0.000000184. The zero-order valence-corrected chi connectivity index (χ0v) is 35.8. The minimum Gasteiger partial charge on any atom is -0.481 e. The summed E-state index contributed by atoms with van der Waals surface area (Å²) in [4.78, 5) is 83.9. The topological polar surface area (TPSA) is 214 Å². The molecular weight excluding hydrogens is 821 g/mol. The van der Waals surface area contributed by atoms with E-state index < -0.39 is 46.5 Å². The lowest BCUT2D eigenvalue weighted by Crippen LogP contribution is -2.44. The molecule has 0 aliphatic rings. The molecule has 0 aliphatic heterocycles. The number of rotatable bonds is 11. The summed E-state index contributed by atoms with van der Waals surface area (Å²) in [7, 11) is 0. The van der Waals surface area contributed by atoms with Crippen LogP contribution in [0.25, 0.3) is 42.0 Å². The highest BCUT2D eigenvalue weighted by atomic mass is 32.1. The summed E-state index contributed by atoms with van der Waals surface area (Å²) in [6.07, 6.45) is 5.96. The molecule has 61 heavy (non-hydrogen) atoms. The first-order valence-electron chi connectivity index (χ1n) is 19.5. The van der Waals surface area contributed by atoms with Crippen LogP contribution in [0.5, 0.6) is 0 Å². The van der Waals surface area contributed by atoms with Crippen LogP contribution >= 0.6 is 23.1 Å². The van der Waals surface area contributed by atoms with E-state index in [-0.39, 0.29) is 36.7 Å². The molecule has 0 saturated carbocycles. The minimum absolute atomic E-state index is 0.105. The van der Waals surface area contributed by atoms with E-state index in [0.29, 0.717) is 23.1 Å². The molecule has 0 radical (unpaired) electrons. The highest BCUT2D eigenvalue weighted by Gasteiger charge is 2.26. The number of carbonyl (C=O) groups is 2. The van der Waals surface area contributed by atoms with Crippen LogP contribution in [-0.4, -0.2) is 59.1 Å². The van der Waals surface area contributed by atoms with Gasteiger partial charge in [-0.3, -0.25) is 38.1 Å². The number of aryl methyl sites for hydroxylation is 4. The summed E-state index contributed by atoms with van der Waals surface area (Å²) < 4.78 is 16.0. The number of benzene rings is 2. The molecule has 314 valence electrons. The van der Waals surface area contributed by atoms with Gasteiger partial charge in [-0.1, -0.05) is 26.0 Å². The van der Waals surface area contributed by atoms with Crippen LogP contribution in [0.15, 0.2) is 80.4 Å². The highest BCUT2D eigenvalue weighted by molar-refractivity contribution is 7.13. The summed E-state index contributed by atoms with van der Waals surface area (Å²) in [5.41, 5.74) is 4.33. The van der Waals surface area contributed by atoms with Crippen LogP contribution in [0.1, 0.15) is 78.8 Å². The second-order valence-corrected chi connectivity index (χ2v) is 16.6. The Morgan fingerprint density at radius 3 is 1.56 bits per heavy atom. The predicted molar refractivity (Wildman–Crippen MR) is 235 cm³/mol. The van der Waals surface area contributed by atoms with Crippen molar-refractivity contribution < 1.29 is 19.8 Å². The van der Waals surface area contributed by atoms with Crippen molar-refractivity contribution in [1.29, 1.82) is 0 Å². The van der Waals surface area contributed by atoms with Gasteiger partial charge in [-0.05, 0) is 110 Å². The number of hydrogen-bond acceptors (Lipinski definition) is 12. The van der Waals surface area contributed by atoms with Crippen molar-refractivity contribution in [2.24, 2.45) is 0 Å². The van der Waals surface area contributed by atoms with Gasteiger partial charge in [0.1, 0.15) is 6.04 Å². The summed E-state index contributed by atoms with van der Waals surface area (Å²) in [6, 6.07) is 9.47. The van der Waals surface area contributed by atoms with Crippen molar-refractivity contribution in [3.05, 3.63) is 137 Å². The molecule has 16 nitrogen and oxygen atoms in total. The number of nitrogens with zero attached hydrogens (tertiary/aromatic N) is 8. The zero-order chi connectivity index (χ0) is 43.9. The summed E-state index contributed by atoms with van der Waals surface area (Å²) >= 11 is 2.73. The first-order valence-corrected chi connectivity index (χ1v) is 21.0. The lowest BCUT2D eigenvalue weighted by atomic mass is 10.1. The Morgan fingerprint density at radius 2 is 1.13 bits per heavy atom. The molecule has 0 aliphatic carbocycles. The van der Waals surface area contributed by atoms with Crippen LogP contribution in [0.2, 0.25) is 0 Å². The van der Waals surface area contributed by atoms with Gasteiger partial charge < -0.3 is 10.2 Å². The lowest BCUT2D eigenvalue weighted by Gasteiger charge is -2.19. The molecule has 0 amide bonds. The Bertz CT molecular complexity index is 3290. The largest absolute Gasteiger partial charge is 0.481 e. The Labute approximate surface area is 355 Å². The van der Waals surface area contributed by atoms with Crippen LogP contribution < -0.4 is 22.5 Å². The maximum absolute atomic E-state index is 13.5. The van der Waals surface area contributed by atoms with Crippen LogP contribution in [0, 0.1) is 27.7 Å². The van der Waals surface area contributed by atoms with Gasteiger partial charge in [0.15, 0.2) is 0 Å². The van der Waals surface area contributed by atoms with Gasteiger partial charge >= 0.3 is 23.3 Å². The maximum atomic E-state index is 13.5. The van der Waals surface area contributed by atoms with Crippen molar-refractivity contribution in [1.82, 2.24) is 37.0 Å². The van der Waals surface area contributed by atoms with Gasteiger partial charge in [-0.15, -0.1) is 0 Å². The normalized spacial score (nSPS) is 12.5. The number of carboxylic acid groups (broad SMARTS) is 2. The third-order valence-electron chi connectivity index (χ3n) is 10.8. The molecule has 8 rings (SSSR count). The van der Waals surface area contributed by atoms with E-state index in [9.17, 15) is 39.0 Å². The van der Waals surface area contributed by atoms with E-state index in [0.717, 1.165) is 57.3 Å². The zero-order valence-electron chi connectivity index (χ0n) is 34.2. The summed E-state index contributed by atoms with van der Waals surface area (Å²) in [6.45, 7) is 11.7. The molecule has 0 spiro atoms. The Morgan fingerprint density at radius 1 is 0.672 bits per heavy atom. The first-order chi connectivity index (χ1) is 29.1. The van der Waals surface area contributed by atoms with Gasteiger partial charge in [0.2, 0.25) is 0 Å². The van der Waals surface area contributed by atoms with Crippen molar-refractivity contribution in [2.45, 2.75) is 86.0 Å². The molecule has 8 aromatic rings. The molecule has 6 heterocycles. The fraction of sp³-hybridized carbons (Fsp3) is 0.302. The van der Waals surface area contributed by atoms with Gasteiger partial charge in [-0.25, -0.2) is 19.0 Å². The van der Waals surface area contributed by atoms with Crippen LogP contribution in [-0.2, 0) is 22.7 Å². The van der Waals surface area contributed by atoms with Crippen LogP contribution in [0.4, 0.5) is 0 Å². The molecule has 18 heteroatoms. The SMILES string of the molecule is CC[C@@H](C(=O)O)n1c(=O)c2cnccc2n(Cc2nsc3cc(C)cc(C)c23)c1=O.CC[C@@H](CC(=O)O)n1c(=O)c2cnccc2n(Cc2nsc3cc(C)cc(C)c23)c1=O. The van der Waals surface area contributed by atoms with Crippen molar-refractivity contribution >= 4 is 77.0 Å². The number of pyridine rings is 2. The van der Waals surface area contributed by atoms with E-state index in [4.69, 9.17) is 0 Å². The molecule has 0 unspecified atom stereocenters. The third-order valence-corrected chi connectivity index (χ3v) is 12.4. The Hall–Kier alpha value is -6.66. The number of aliphatic carboxylic acids is 2. The number of carboxylic acids is 2. The number of fused-ring (bicyclic) bond motifs is 4. The first kappa shape index (κ1) is 42.5. The van der Waals surface area contributed by atoms with Gasteiger partial charge in [0, 0.05) is 35.6 Å². The molecule has 2 atom stereocenters. The van der Waals surface area contributed by atoms with Gasteiger partial charge in [0.25, 0.3) is 11.1 Å². The van der Waals surface area contributed by atoms with E-state index in [1.165, 1.54) is 57.0 Å². The molecule has 2 aromatic carbocycles. The molecule has 2 N–H and O–H groups in total. The minimum atomic E-state index is -1.25. The third kappa shape index (κ3) is 7.91. The van der Waals surface area contributed by atoms with Crippen molar-refractivity contribution in [3.63, 3.8) is 0 Å². The fourth-order valence-electron chi connectivity index (χ4n) is 8.02. The molecule has 6 aromatic heterocycles. The fourth-order valence-corrected chi connectivity index (χ4v) is 9.95. The maximum Gasteiger partial charge on any atom is 0.332 e. The smallest absolute Gasteiger partial charge is 0.332 e. The van der Waals surface area contributed by atoms with Crippen molar-refractivity contribution in [3.8, 4) is 0 Å². The van der Waals surface area contributed by atoms with E-state index in [1.807, 2.05) is 33.8 Å². The van der Waals surface area contributed by atoms with E-state index in [2.05, 4.69) is 36.9 Å². The average Bonchev–Trinajstić information content (AvgIpc) is 3.82. The van der Waals surface area contributed by atoms with Gasteiger partial charge in [-0.2, -0.15) is 8.75 Å².